The standard InChI is InChI=1S/C9H11ClN2/c10-8-2-1-3-9-7(8)4-6(11)5-12-9/h1-3,6,12H,4-5,11H2/t6-/m0/s1. The van der Waals surface area contributed by atoms with Crippen LogP contribution in [0.3, 0.4) is 0 Å². The summed E-state index contributed by atoms with van der Waals surface area (Å²) < 4.78 is 0. The summed E-state index contributed by atoms with van der Waals surface area (Å²) in [5.74, 6) is 0. The summed E-state index contributed by atoms with van der Waals surface area (Å²) in [4.78, 5) is 0. The molecule has 3 heteroatoms. The van der Waals surface area contributed by atoms with Crippen molar-refractivity contribution in [2.24, 2.45) is 5.73 Å². The summed E-state index contributed by atoms with van der Waals surface area (Å²) in [5.41, 5.74) is 8.08. The number of rotatable bonds is 0. The van der Waals surface area contributed by atoms with E-state index in [1.807, 2.05) is 18.2 Å². The van der Waals surface area contributed by atoms with E-state index in [4.69, 9.17) is 17.3 Å². The van der Waals surface area contributed by atoms with Crippen LogP contribution in [0.25, 0.3) is 0 Å². The zero-order valence-electron chi connectivity index (χ0n) is 6.68. The van der Waals surface area contributed by atoms with Gasteiger partial charge >= 0.3 is 0 Å². The number of hydrogen-bond donors (Lipinski definition) is 2. The van der Waals surface area contributed by atoms with Crippen LogP contribution in [0.1, 0.15) is 5.56 Å². The summed E-state index contributed by atoms with van der Waals surface area (Å²) >= 11 is 6.01. The van der Waals surface area contributed by atoms with Crippen LogP contribution in [0.4, 0.5) is 5.69 Å². The zero-order chi connectivity index (χ0) is 8.55. The molecular weight excluding hydrogens is 172 g/mol. The molecule has 1 heterocycles. The molecule has 1 aromatic carbocycles. The van der Waals surface area contributed by atoms with E-state index in [-0.39, 0.29) is 6.04 Å². The molecular formula is C9H11ClN2. The van der Waals surface area contributed by atoms with E-state index in [1.54, 1.807) is 0 Å². The minimum Gasteiger partial charge on any atom is -0.383 e. The molecule has 12 heavy (non-hydrogen) atoms. The largest absolute Gasteiger partial charge is 0.383 e. The molecule has 0 saturated carbocycles. The molecule has 2 nitrogen and oxygen atoms in total. The summed E-state index contributed by atoms with van der Waals surface area (Å²) in [5, 5.41) is 4.06. The number of anilines is 1. The molecule has 3 N–H and O–H groups in total. The zero-order valence-corrected chi connectivity index (χ0v) is 7.43. The van der Waals surface area contributed by atoms with Crippen LogP contribution < -0.4 is 11.1 Å². The van der Waals surface area contributed by atoms with Crippen LogP contribution in [-0.2, 0) is 6.42 Å². The Morgan fingerprint density at radius 1 is 1.50 bits per heavy atom. The highest BCUT2D eigenvalue weighted by atomic mass is 35.5. The molecule has 0 fully saturated rings. The van der Waals surface area contributed by atoms with Crippen LogP contribution in [0.15, 0.2) is 18.2 Å². The lowest BCUT2D eigenvalue weighted by Gasteiger charge is -2.23. The third-order valence-electron chi connectivity index (χ3n) is 2.14. The van der Waals surface area contributed by atoms with Gasteiger partial charge in [-0.3, -0.25) is 0 Å². The minimum atomic E-state index is 0.192. The van der Waals surface area contributed by atoms with Crippen LogP contribution in [-0.4, -0.2) is 12.6 Å². The Morgan fingerprint density at radius 3 is 3.17 bits per heavy atom. The number of fused-ring (bicyclic) bond motifs is 1. The molecule has 1 aliphatic heterocycles. The van der Waals surface area contributed by atoms with Gasteiger partial charge in [0.15, 0.2) is 0 Å². The van der Waals surface area contributed by atoms with Crippen LogP contribution in [0.5, 0.6) is 0 Å². The predicted octanol–water partition coefficient (Wildman–Crippen LogP) is 1.64. The fourth-order valence-electron chi connectivity index (χ4n) is 1.51. The first-order valence-corrected chi connectivity index (χ1v) is 4.42. The third kappa shape index (κ3) is 1.28. The van der Waals surface area contributed by atoms with Crippen molar-refractivity contribution in [1.82, 2.24) is 0 Å². The maximum Gasteiger partial charge on any atom is 0.0459 e. The highest BCUT2D eigenvalue weighted by Gasteiger charge is 2.16. The molecule has 1 aromatic rings. The monoisotopic (exact) mass is 182 g/mol. The molecule has 1 aliphatic rings. The Morgan fingerprint density at radius 2 is 2.33 bits per heavy atom. The summed E-state index contributed by atoms with van der Waals surface area (Å²) in [7, 11) is 0. The van der Waals surface area contributed by atoms with Crippen LogP contribution >= 0.6 is 11.6 Å². The Bertz CT molecular complexity index is 299. The van der Waals surface area contributed by atoms with Crippen LogP contribution in [0.2, 0.25) is 5.02 Å². The Hall–Kier alpha value is -0.730. The number of hydrogen-bond acceptors (Lipinski definition) is 2. The SMILES string of the molecule is N[C@@H]1CNc2cccc(Cl)c2C1. The number of nitrogens with one attached hydrogen (secondary N) is 1. The molecule has 0 amide bonds. The molecule has 0 bridgehead atoms. The van der Waals surface area contributed by atoms with Crippen molar-refractivity contribution in [1.29, 1.82) is 0 Å². The van der Waals surface area contributed by atoms with Crippen molar-refractivity contribution in [3.05, 3.63) is 28.8 Å². The lowest BCUT2D eigenvalue weighted by atomic mass is 10.0. The molecule has 0 radical (unpaired) electrons. The predicted molar refractivity (Wildman–Crippen MR) is 51.6 cm³/mol. The smallest absolute Gasteiger partial charge is 0.0459 e. The first kappa shape index (κ1) is 7.90. The fraction of sp³-hybridized carbons (Fsp3) is 0.333. The van der Waals surface area contributed by atoms with E-state index in [0.717, 1.165) is 29.2 Å². The topological polar surface area (TPSA) is 38.0 Å². The van der Waals surface area contributed by atoms with Gasteiger partial charge in [0.2, 0.25) is 0 Å². The van der Waals surface area contributed by atoms with E-state index >= 15 is 0 Å². The Balaban J connectivity index is 2.43. The summed E-state index contributed by atoms with van der Waals surface area (Å²) in [6, 6.07) is 6.08. The van der Waals surface area contributed by atoms with E-state index in [1.165, 1.54) is 0 Å². The molecule has 1 atom stereocenters. The van der Waals surface area contributed by atoms with Gasteiger partial charge in [0.1, 0.15) is 0 Å². The number of halogens is 1. The maximum atomic E-state index is 6.01. The van der Waals surface area contributed by atoms with Gasteiger partial charge in [0.05, 0.1) is 0 Å². The molecule has 0 aliphatic carbocycles. The van der Waals surface area contributed by atoms with Gasteiger partial charge < -0.3 is 11.1 Å². The lowest BCUT2D eigenvalue weighted by Crippen LogP contribution is -2.35. The van der Waals surface area contributed by atoms with Crippen molar-refractivity contribution >= 4 is 17.3 Å². The van der Waals surface area contributed by atoms with Crippen molar-refractivity contribution in [2.75, 3.05) is 11.9 Å². The van der Waals surface area contributed by atoms with Crippen molar-refractivity contribution in [3.8, 4) is 0 Å². The second-order valence-corrected chi connectivity index (χ2v) is 3.52. The highest BCUT2D eigenvalue weighted by Crippen LogP contribution is 2.27. The molecule has 0 spiro atoms. The second-order valence-electron chi connectivity index (χ2n) is 3.11. The van der Waals surface area contributed by atoms with Crippen molar-refractivity contribution in [2.45, 2.75) is 12.5 Å². The summed E-state index contributed by atoms with van der Waals surface area (Å²) in [6.07, 6.45) is 0.877. The minimum absolute atomic E-state index is 0.192. The van der Waals surface area contributed by atoms with Crippen molar-refractivity contribution < 1.29 is 0 Å². The first-order valence-electron chi connectivity index (χ1n) is 4.04. The molecule has 2 rings (SSSR count). The van der Waals surface area contributed by atoms with E-state index in [0.29, 0.717) is 0 Å². The quantitative estimate of drug-likeness (QED) is 0.640. The van der Waals surface area contributed by atoms with E-state index < -0.39 is 0 Å². The van der Waals surface area contributed by atoms with Gasteiger partial charge in [-0.05, 0) is 24.1 Å². The normalized spacial score (nSPS) is 21.3. The van der Waals surface area contributed by atoms with Gasteiger partial charge in [-0.15, -0.1) is 0 Å². The molecule has 0 saturated heterocycles. The summed E-state index contributed by atoms with van der Waals surface area (Å²) in [6.45, 7) is 0.841. The third-order valence-corrected chi connectivity index (χ3v) is 2.49. The van der Waals surface area contributed by atoms with Gasteiger partial charge in [-0.2, -0.15) is 0 Å². The highest BCUT2D eigenvalue weighted by molar-refractivity contribution is 6.31. The van der Waals surface area contributed by atoms with E-state index in [9.17, 15) is 0 Å². The molecule has 64 valence electrons. The van der Waals surface area contributed by atoms with E-state index in [2.05, 4.69) is 5.32 Å². The second kappa shape index (κ2) is 2.96. The first-order chi connectivity index (χ1) is 5.77. The van der Waals surface area contributed by atoms with Crippen LogP contribution in [0, 0.1) is 0 Å². The van der Waals surface area contributed by atoms with Gasteiger partial charge in [0.25, 0.3) is 0 Å². The molecule has 0 unspecified atom stereocenters. The van der Waals surface area contributed by atoms with Crippen molar-refractivity contribution in [3.63, 3.8) is 0 Å². The maximum absolute atomic E-state index is 6.01. The average molecular weight is 183 g/mol. The van der Waals surface area contributed by atoms with Gasteiger partial charge in [-0.25, -0.2) is 0 Å². The lowest BCUT2D eigenvalue weighted by molar-refractivity contribution is 0.679. The van der Waals surface area contributed by atoms with Gasteiger partial charge in [-0.1, -0.05) is 17.7 Å². The number of benzene rings is 1. The van der Waals surface area contributed by atoms with Gasteiger partial charge in [0, 0.05) is 23.3 Å². The average Bonchev–Trinajstić information content (AvgIpc) is 2.07. The Kier molecular flexibility index (Phi) is 1.95. The number of nitrogens with two attached hydrogens (primary N) is 1. The molecule has 0 aromatic heterocycles. The fourth-order valence-corrected chi connectivity index (χ4v) is 1.76. The Labute approximate surface area is 76.7 Å².